The molecule has 0 saturated carbocycles. The van der Waals surface area contributed by atoms with Crippen molar-refractivity contribution in [3.63, 3.8) is 0 Å². The Hall–Kier alpha value is -6.75. The number of amides is 9. The number of benzene rings is 1. The van der Waals surface area contributed by atoms with E-state index in [0.29, 0.717) is 38.5 Å². The maximum Gasteiger partial charge on any atom is 0.408 e. The van der Waals surface area contributed by atoms with Gasteiger partial charge in [-0.3, -0.25) is 14.4 Å². The van der Waals surface area contributed by atoms with Gasteiger partial charge in [0, 0.05) is 19.6 Å². The molecule has 0 bridgehead atoms. The van der Waals surface area contributed by atoms with E-state index in [1.54, 1.807) is 125 Å². The third-order valence-electron chi connectivity index (χ3n) is 9.51. The molecule has 1 aromatic rings. The smallest absolute Gasteiger partial charge is 0.408 e. The third kappa shape index (κ3) is 35.6. The van der Waals surface area contributed by atoms with E-state index < -0.39 is 106 Å². The van der Waals surface area contributed by atoms with Gasteiger partial charge in [0.15, 0.2) is 0 Å². The Morgan fingerprint density at radius 1 is 0.321 bits per heavy atom. The minimum atomic E-state index is -1.20. The first-order chi connectivity index (χ1) is 35.6. The molecule has 1 rings (SSSR count). The molecule has 24 heteroatoms. The minimum Gasteiger partial charge on any atom is -0.444 e. The van der Waals surface area contributed by atoms with Gasteiger partial charge in [-0.25, -0.2) is 28.8 Å². The Morgan fingerprint density at radius 3 is 0.705 bits per heavy atom. The zero-order valence-corrected chi connectivity index (χ0v) is 49.6. The molecule has 0 saturated heterocycles. The summed E-state index contributed by atoms with van der Waals surface area (Å²) in [5.41, 5.74) is -2.18. The highest BCUT2D eigenvalue weighted by atomic mass is 16.6. The third-order valence-corrected chi connectivity index (χ3v) is 9.51. The Bertz CT molecular complexity index is 1910. The molecule has 0 aromatic heterocycles. The van der Waals surface area contributed by atoms with E-state index in [1.807, 2.05) is 18.2 Å². The van der Waals surface area contributed by atoms with Gasteiger partial charge < -0.3 is 76.3 Å². The molecule has 1 aromatic carbocycles. The van der Waals surface area contributed by atoms with E-state index >= 15 is 0 Å². The number of rotatable bonds is 24. The van der Waals surface area contributed by atoms with Crippen molar-refractivity contribution in [1.82, 2.24) is 47.9 Å². The normalized spacial score (nSPS) is 13.2. The molecule has 0 aliphatic carbocycles. The van der Waals surface area contributed by atoms with Crippen molar-refractivity contribution in [3.8, 4) is 0 Å². The van der Waals surface area contributed by atoms with Crippen LogP contribution in [0.3, 0.4) is 0 Å². The molecule has 78 heavy (non-hydrogen) atoms. The highest BCUT2D eigenvalue weighted by Gasteiger charge is 2.29. The molecule has 0 aliphatic rings. The van der Waals surface area contributed by atoms with Crippen LogP contribution in [0.5, 0.6) is 0 Å². The van der Waals surface area contributed by atoms with Gasteiger partial charge in [0.1, 0.15) is 51.7 Å². The lowest BCUT2D eigenvalue weighted by atomic mass is 9.97. The number of aryl methyl sites for hydroxylation is 3. The van der Waals surface area contributed by atoms with Crippen LogP contribution in [0.15, 0.2) is 18.2 Å². The van der Waals surface area contributed by atoms with Gasteiger partial charge in [0.2, 0.25) is 17.7 Å². The number of carbonyl (C=O) groups excluding carboxylic acids is 9. The monoisotopic (exact) mass is 1110 g/mol. The van der Waals surface area contributed by atoms with Gasteiger partial charge >= 0.3 is 36.6 Å². The summed E-state index contributed by atoms with van der Waals surface area (Å²) in [6.07, 6.45) is -1.97. The van der Waals surface area contributed by atoms with Crippen molar-refractivity contribution in [2.75, 3.05) is 39.3 Å². The first kappa shape index (κ1) is 69.3. The van der Waals surface area contributed by atoms with Crippen molar-refractivity contribution in [3.05, 3.63) is 34.9 Å². The summed E-state index contributed by atoms with van der Waals surface area (Å²) >= 11 is 0. The largest absolute Gasteiger partial charge is 0.444 e. The van der Waals surface area contributed by atoms with Gasteiger partial charge in [0.05, 0.1) is 19.6 Å². The van der Waals surface area contributed by atoms with Gasteiger partial charge in [-0.2, -0.15) is 0 Å². The van der Waals surface area contributed by atoms with Crippen molar-refractivity contribution in [2.24, 2.45) is 0 Å². The van der Waals surface area contributed by atoms with Crippen LogP contribution in [0.25, 0.3) is 0 Å². The summed E-state index contributed by atoms with van der Waals surface area (Å²) < 4.78 is 32.0. The fraction of sp³-hybridized carbons (Fsp3) is 0.722. The molecule has 0 heterocycles. The number of hydrogen-bond donors (Lipinski definition) is 9. The molecule has 9 N–H and O–H groups in total. The highest BCUT2D eigenvalue weighted by Crippen LogP contribution is 2.17. The SMILES string of the molecule is CC(C)(C)OC(=O)NCC(NC(=O)OC(C)(C)C)C(=O)NCCCc1cc(CCCNC(=O)C(CNC(=O)OC(C)(C)C)NC(=O)OC(C)(C)C)cc(CCCNC(=O)C(CNC(=O)OC(C)(C)C)NC(=O)OC(C)(C)C)c1. The maximum atomic E-state index is 13.4. The molecule has 444 valence electrons. The lowest BCUT2D eigenvalue weighted by Crippen LogP contribution is -2.54. The number of alkyl carbamates (subject to hydrolysis) is 6. The molecule has 0 fully saturated rings. The van der Waals surface area contributed by atoms with Crippen LogP contribution in [-0.4, -0.2) is 145 Å². The van der Waals surface area contributed by atoms with E-state index in [-0.39, 0.29) is 39.3 Å². The minimum absolute atomic E-state index is 0.192. The average molecular weight is 1110 g/mol. The van der Waals surface area contributed by atoms with Crippen LogP contribution < -0.4 is 47.9 Å². The summed E-state index contributed by atoms with van der Waals surface area (Å²) in [6, 6.07) is 2.44. The predicted molar refractivity (Wildman–Crippen MR) is 293 cm³/mol. The van der Waals surface area contributed by atoms with Crippen molar-refractivity contribution < 1.29 is 71.6 Å². The van der Waals surface area contributed by atoms with Crippen molar-refractivity contribution in [1.29, 1.82) is 0 Å². The summed E-state index contributed by atoms with van der Waals surface area (Å²) in [4.78, 5) is 116. The Balaban J connectivity index is 3.32. The van der Waals surface area contributed by atoms with Crippen LogP contribution in [0, 0.1) is 0 Å². The van der Waals surface area contributed by atoms with Crippen LogP contribution in [-0.2, 0) is 62.1 Å². The number of carbonyl (C=O) groups is 9. The quantitative estimate of drug-likeness (QED) is 0.0418. The summed E-state index contributed by atoms with van der Waals surface area (Å²) in [6.45, 7) is 30.1. The van der Waals surface area contributed by atoms with Crippen molar-refractivity contribution in [2.45, 2.75) is 215 Å². The summed E-state index contributed by atoms with van der Waals surface area (Å²) in [5, 5.41) is 23.6. The lowest BCUT2D eigenvalue weighted by molar-refractivity contribution is -0.123. The van der Waals surface area contributed by atoms with Gasteiger partial charge in [-0.1, -0.05) is 18.2 Å². The second-order valence-corrected chi connectivity index (χ2v) is 24.6. The van der Waals surface area contributed by atoms with Gasteiger partial charge in [-0.05, 0) is 180 Å². The van der Waals surface area contributed by atoms with Gasteiger partial charge in [-0.15, -0.1) is 0 Å². The van der Waals surface area contributed by atoms with Crippen LogP contribution in [0.4, 0.5) is 28.8 Å². The topological polar surface area (TPSA) is 317 Å². The zero-order chi connectivity index (χ0) is 59.9. The second kappa shape index (κ2) is 31.0. The molecular formula is C54H93N9O15. The van der Waals surface area contributed by atoms with E-state index in [1.165, 1.54) is 0 Å². The summed E-state index contributed by atoms with van der Waals surface area (Å²) in [5.74, 6) is -1.70. The van der Waals surface area contributed by atoms with Crippen molar-refractivity contribution >= 4 is 54.3 Å². The molecule has 9 amide bonds. The highest BCUT2D eigenvalue weighted by molar-refractivity contribution is 5.88. The molecule has 0 aliphatic heterocycles. The summed E-state index contributed by atoms with van der Waals surface area (Å²) in [7, 11) is 0. The standard InChI is InChI=1S/C54H93N9O15/c1-49(2,3)73-43(67)58-31-37(61-46(70)76-52(10,11)12)40(64)55-25-19-22-34-28-35(23-20-26-56-41(65)38(62-47(71)77-53(13,14)15)32-59-44(68)74-50(4,5)6)30-36(29-34)24-21-27-57-42(66)39(63-48(72)78-54(16,17)18)33-60-45(69)75-51(7,8)9/h28-30,37-39H,19-27,31-33H2,1-18H3,(H,55,64)(H,56,65)(H,57,66)(H,58,67)(H,59,68)(H,60,69)(H,61,70)(H,62,71)(H,63,72). The Kier molecular flexibility index (Phi) is 27.5. The first-order valence-electron chi connectivity index (χ1n) is 26.4. The van der Waals surface area contributed by atoms with Crippen LogP contribution in [0.1, 0.15) is 161 Å². The van der Waals surface area contributed by atoms with E-state index in [9.17, 15) is 43.2 Å². The molecule has 3 unspecified atom stereocenters. The Labute approximate surface area is 461 Å². The zero-order valence-electron chi connectivity index (χ0n) is 49.6. The fourth-order valence-corrected chi connectivity index (χ4v) is 6.63. The van der Waals surface area contributed by atoms with Crippen LogP contribution >= 0.6 is 0 Å². The number of ether oxygens (including phenoxy) is 6. The van der Waals surface area contributed by atoms with E-state index in [0.717, 1.165) is 16.7 Å². The lowest BCUT2D eigenvalue weighted by Gasteiger charge is -2.24. The van der Waals surface area contributed by atoms with Gasteiger partial charge in [0.25, 0.3) is 0 Å². The number of hydrogen-bond acceptors (Lipinski definition) is 15. The van der Waals surface area contributed by atoms with Crippen LogP contribution in [0.2, 0.25) is 0 Å². The molecule has 24 nitrogen and oxygen atoms in total. The Morgan fingerprint density at radius 2 is 0.513 bits per heavy atom. The molecule has 0 spiro atoms. The molecule has 0 radical (unpaired) electrons. The van der Waals surface area contributed by atoms with E-state index in [2.05, 4.69) is 47.9 Å². The molecular weight excluding hydrogens is 1010 g/mol. The van der Waals surface area contributed by atoms with E-state index in [4.69, 9.17) is 28.4 Å². The average Bonchev–Trinajstić information content (AvgIpc) is 3.23. The maximum absolute atomic E-state index is 13.4. The second-order valence-electron chi connectivity index (χ2n) is 24.6. The molecule has 3 atom stereocenters. The number of nitrogens with one attached hydrogen (secondary N) is 9. The fourth-order valence-electron chi connectivity index (χ4n) is 6.63. The predicted octanol–water partition coefficient (Wildman–Crippen LogP) is 6.09. The first-order valence-corrected chi connectivity index (χ1v) is 26.4.